The quantitative estimate of drug-likeness (QED) is 0.897. The van der Waals surface area contributed by atoms with E-state index >= 15 is 0 Å². The summed E-state index contributed by atoms with van der Waals surface area (Å²) in [5.74, 6) is 0. The zero-order chi connectivity index (χ0) is 15.0. The van der Waals surface area contributed by atoms with Gasteiger partial charge in [-0.25, -0.2) is 0 Å². The van der Waals surface area contributed by atoms with Gasteiger partial charge in [-0.3, -0.25) is 0 Å². The van der Waals surface area contributed by atoms with Gasteiger partial charge in [0.15, 0.2) is 0 Å². The molecule has 1 aromatic rings. The Kier molecular flexibility index (Phi) is 3.75. The molecule has 4 rings (SSSR count). The highest BCUT2D eigenvalue weighted by atomic mass is 16.5. The Morgan fingerprint density at radius 3 is 2.64 bits per heavy atom. The van der Waals surface area contributed by atoms with E-state index in [-0.39, 0.29) is 11.2 Å². The number of rotatable bonds is 4. The molecule has 2 saturated carbocycles. The van der Waals surface area contributed by atoms with Crippen LogP contribution in [0, 0.1) is 0 Å². The maximum absolute atomic E-state index is 10.2. The highest BCUT2D eigenvalue weighted by Gasteiger charge is 2.42. The minimum Gasteiger partial charge on any atom is -0.390 e. The number of hydrogen-bond donors (Lipinski definition) is 2. The van der Waals surface area contributed by atoms with Crippen molar-refractivity contribution in [3.8, 4) is 0 Å². The number of nitrogens with one attached hydrogen (secondary N) is 1. The fourth-order valence-electron chi connectivity index (χ4n) is 4.43. The van der Waals surface area contributed by atoms with Gasteiger partial charge in [-0.05, 0) is 69.0 Å². The zero-order valence-corrected chi connectivity index (χ0v) is 13.3. The Hall–Kier alpha value is -0.900. The maximum atomic E-state index is 10.2. The van der Waals surface area contributed by atoms with Crippen LogP contribution in [0.15, 0.2) is 24.3 Å². The summed E-state index contributed by atoms with van der Waals surface area (Å²) in [5, 5.41) is 13.8. The van der Waals surface area contributed by atoms with Gasteiger partial charge in [-0.1, -0.05) is 24.3 Å². The average molecular weight is 301 g/mol. The van der Waals surface area contributed by atoms with Gasteiger partial charge >= 0.3 is 0 Å². The molecule has 1 spiro atoms. The van der Waals surface area contributed by atoms with Gasteiger partial charge < -0.3 is 15.2 Å². The fourth-order valence-corrected chi connectivity index (χ4v) is 4.43. The van der Waals surface area contributed by atoms with Gasteiger partial charge in [0.2, 0.25) is 0 Å². The average Bonchev–Trinajstić information content (AvgIpc) is 2.87. The smallest absolute Gasteiger partial charge is 0.0940 e. The van der Waals surface area contributed by atoms with Crippen molar-refractivity contribution in [1.29, 1.82) is 0 Å². The molecule has 0 saturated heterocycles. The number of ether oxygens (including phenoxy) is 1. The van der Waals surface area contributed by atoms with Crippen molar-refractivity contribution in [2.75, 3.05) is 6.54 Å². The molecule has 2 N–H and O–H groups in total. The molecule has 1 aromatic carbocycles. The minimum absolute atomic E-state index is 0.0129. The lowest BCUT2D eigenvalue weighted by Gasteiger charge is -2.39. The molecule has 1 heterocycles. The van der Waals surface area contributed by atoms with Gasteiger partial charge in [0, 0.05) is 6.04 Å². The van der Waals surface area contributed by atoms with Gasteiger partial charge in [0.1, 0.15) is 0 Å². The highest BCUT2D eigenvalue weighted by molar-refractivity contribution is 5.35. The molecular weight excluding hydrogens is 274 g/mol. The summed E-state index contributed by atoms with van der Waals surface area (Å²) >= 11 is 0. The van der Waals surface area contributed by atoms with Crippen molar-refractivity contribution < 1.29 is 9.84 Å². The molecule has 0 bridgehead atoms. The first-order valence-electron chi connectivity index (χ1n) is 8.87. The largest absolute Gasteiger partial charge is 0.390 e. The van der Waals surface area contributed by atoms with Crippen molar-refractivity contribution in [2.45, 2.75) is 75.2 Å². The number of aliphatic hydroxyl groups is 1. The van der Waals surface area contributed by atoms with E-state index in [9.17, 15) is 5.11 Å². The van der Waals surface area contributed by atoms with Crippen LogP contribution >= 0.6 is 0 Å². The third-order valence-electron chi connectivity index (χ3n) is 6.11. The van der Waals surface area contributed by atoms with E-state index in [0.29, 0.717) is 6.04 Å². The summed E-state index contributed by atoms with van der Waals surface area (Å²) in [7, 11) is 0. The van der Waals surface area contributed by atoms with Crippen LogP contribution in [0.2, 0.25) is 0 Å². The lowest BCUT2D eigenvalue weighted by Crippen LogP contribution is -2.44. The first-order valence-corrected chi connectivity index (χ1v) is 8.87. The topological polar surface area (TPSA) is 41.5 Å². The van der Waals surface area contributed by atoms with Crippen LogP contribution in [-0.2, 0) is 16.9 Å². The predicted molar refractivity (Wildman–Crippen MR) is 86.6 cm³/mol. The lowest BCUT2D eigenvalue weighted by molar-refractivity contribution is -0.0697. The highest BCUT2D eigenvalue weighted by Crippen LogP contribution is 2.46. The predicted octanol–water partition coefficient (Wildman–Crippen LogP) is 3.25. The Balaban J connectivity index is 1.30. The Morgan fingerprint density at radius 1 is 1.14 bits per heavy atom. The Labute approximate surface area is 133 Å². The molecule has 0 aromatic heterocycles. The van der Waals surface area contributed by atoms with Crippen LogP contribution in [0.4, 0.5) is 0 Å². The molecule has 3 heteroatoms. The van der Waals surface area contributed by atoms with Crippen LogP contribution < -0.4 is 5.32 Å². The third kappa shape index (κ3) is 2.60. The molecule has 3 aliphatic rings. The summed E-state index contributed by atoms with van der Waals surface area (Å²) in [6.07, 6.45) is 8.67. The van der Waals surface area contributed by atoms with E-state index in [1.54, 1.807) is 0 Å². The summed E-state index contributed by atoms with van der Waals surface area (Å²) < 4.78 is 6.22. The van der Waals surface area contributed by atoms with E-state index in [4.69, 9.17) is 4.74 Å². The number of hydrogen-bond acceptors (Lipinski definition) is 3. The summed E-state index contributed by atoms with van der Waals surface area (Å²) in [6.45, 7) is 1.73. The van der Waals surface area contributed by atoms with Crippen LogP contribution in [0.25, 0.3) is 0 Å². The molecule has 0 unspecified atom stereocenters. The summed E-state index contributed by atoms with van der Waals surface area (Å²) in [6, 6.07) is 9.29. The van der Waals surface area contributed by atoms with E-state index < -0.39 is 0 Å². The second-order valence-corrected chi connectivity index (χ2v) is 7.50. The molecule has 0 radical (unpaired) electrons. The molecule has 1 aliphatic heterocycles. The SMILES string of the molecule is OC1(CCNC2CCC3(CC2)OCc2ccccc23)CCC1. The molecule has 22 heavy (non-hydrogen) atoms. The molecule has 120 valence electrons. The van der Waals surface area contributed by atoms with Crippen LogP contribution in [0.1, 0.15) is 62.5 Å². The van der Waals surface area contributed by atoms with Gasteiger partial charge in [-0.15, -0.1) is 0 Å². The monoisotopic (exact) mass is 301 g/mol. The van der Waals surface area contributed by atoms with E-state index in [0.717, 1.165) is 45.3 Å². The number of benzene rings is 1. The molecule has 0 atom stereocenters. The first-order chi connectivity index (χ1) is 10.7. The minimum atomic E-state index is -0.351. The standard InChI is InChI=1S/C19H27NO2/c21-18(8-3-9-18)12-13-20-16-6-10-19(11-7-16)17-5-2-1-4-15(17)14-22-19/h1-2,4-5,16,20-21H,3,6-14H2. The molecular formula is C19H27NO2. The van der Waals surface area contributed by atoms with Crippen molar-refractivity contribution in [3.05, 3.63) is 35.4 Å². The molecule has 2 fully saturated rings. The second kappa shape index (κ2) is 5.63. The zero-order valence-electron chi connectivity index (χ0n) is 13.3. The summed E-state index contributed by atoms with van der Waals surface area (Å²) in [5.41, 5.74) is 2.44. The summed E-state index contributed by atoms with van der Waals surface area (Å²) in [4.78, 5) is 0. The number of fused-ring (bicyclic) bond motifs is 2. The third-order valence-corrected chi connectivity index (χ3v) is 6.11. The van der Waals surface area contributed by atoms with Crippen LogP contribution in [-0.4, -0.2) is 23.3 Å². The van der Waals surface area contributed by atoms with E-state index in [1.165, 1.54) is 30.4 Å². The van der Waals surface area contributed by atoms with Gasteiger partial charge in [0.05, 0.1) is 17.8 Å². The fraction of sp³-hybridized carbons (Fsp3) is 0.684. The van der Waals surface area contributed by atoms with Crippen LogP contribution in [0.3, 0.4) is 0 Å². The van der Waals surface area contributed by atoms with Crippen molar-refractivity contribution in [2.24, 2.45) is 0 Å². The lowest BCUT2D eigenvalue weighted by atomic mass is 9.76. The van der Waals surface area contributed by atoms with Crippen molar-refractivity contribution in [1.82, 2.24) is 5.32 Å². The van der Waals surface area contributed by atoms with E-state index in [2.05, 4.69) is 29.6 Å². The van der Waals surface area contributed by atoms with Crippen molar-refractivity contribution >= 4 is 0 Å². The molecule has 2 aliphatic carbocycles. The molecule has 3 nitrogen and oxygen atoms in total. The van der Waals surface area contributed by atoms with Gasteiger partial charge in [-0.2, -0.15) is 0 Å². The Morgan fingerprint density at radius 2 is 1.91 bits per heavy atom. The first kappa shape index (κ1) is 14.7. The Bertz CT molecular complexity index is 530. The van der Waals surface area contributed by atoms with Crippen LogP contribution in [0.5, 0.6) is 0 Å². The normalized spacial score (nSPS) is 32.7. The van der Waals surface area contributed by atoms with E-state index in [1.807, 2.05) is 0 Å². The van der Waals surface area contributed by atoms with Gasteiger partial charge in [0.25, 0.3) is 0 Å². The van der Waals surface area contributed by atoms with Crippen molar-refractivity contribution in [3.63, 3.8) is 0 Å². The molecule has 0 amide bonds. The second-order valence-electron chi connectivity index (χ2n) is 7.50. The maximum Gasteiger partial charge on any atom is 0.0940 e.